The van der Waals surface area contributed by atoms with Crippen molar-refractivity contribution < 1.29 is 29.4 Å². The van der Waals surface area contributed by atoms with Gasteiger partial charge in [0.25, 0.3) is 0 Å². The maximum atomic E-state index is 9.40. The molecule has 9 rings (SSSR count). The van der Waals surface area contributed by atoms with Gasteiger partial charge in [0.1, 0.15) is 5.58 Å². The van der Waals surface area contributed by atoms with E-state index in [0.29, 0.717) is 27.5 Å². The van der Waals surface area contributed by atoms with Crippen LogP contribution in [0.15, 0.2) is 142 Å². The van der Waals surface area contributed by atoms with E-state index in [-0.39, 0.29) is 38.2 Å². The van der Waals surface area contributed by atoms with E-state index in [0.717, 1.165) is 5.39 Å². The number of fused-ring (bicyclic) bond motifs is 8. The zero-order valence-corrected chi connectivity index (χ0v) is 20.4. The van der Waals surface area contributed by atoms with Gasteiger partial charge in [0.15, 0.2) is 11.2 Å². The SMILES string of the molecule is [2H]c1c([2H])c([2H])c2c([2H])c(-c3c4c([2H])c([2H])c([2H])c([2H])c4c(-c4cccc5oc6c(ccc7ccoc76)c45)c4c([2H])c([2H])c([2H])c([2H])c34)c([2H])c([2H])c2c1[2H]. The minimum Gasteiger partial charge on any atom is -0.460 e. The molecule has 0 aliphatic rings. The summed E-state index contributed by atoms with van der Waals surface area (Å²) in [6, 6.07) is 0.141. The predicted octanol–water partition coefficient (Wildman–Crippen LogP) is 11.1. The molecule has 0 aliphatic carbocycles. The zero-order chi connectivity index (χ0) is 39.3. The number of hydrogen-bond acceptors (Lipinski definition) is 2. The Labute approximate surface area is 250 Å². The first-order valence-electron chi connectivity index (χ1n) is 19.9. The van der Waals surface area contributed by atoms with Crippen molar-refractivity contribution in [1.82, 2.24) is 0 Å². The smallest absolute Gasteiger partial charge is 0.178 e. The van der Waals surface area contributed by atoms with Crippen molar-refractivity contribution in [2.45, 2.75) is 0 Å². The Balaban J connectivity index is 1.62. The lowest BCUT2D eigenvalue weighted by Crippen LogP contribution is -1.91. The normalized spacial score (nSPS) is 17.2. The molecule has 0 N–H and O–H groups in total. The van der Waals surface area contributed by atoms with E-state index in [4.69, 9.17) is 21.2 Å². The molecule has 2 heterocycles. The molecule has 2 nitrogen and oxygen atoms in total. The summed E-state index contributed by atoms with van der Waals surface area (Å²) in [6.07, 6.45) is 1.51. The summed E-state index contributed by atoms with van der Waals surface area (Å²) in [6.45, 7) is 0. The van der Waals surface area contributed by atoms with E-state index in [1.165, 1.54) is 6.26 Å². The minimum atomic E-state index is -0.747. The van der Waals surface area contributed by atoms with Gasteiger partial charge in [0.05, 0.1) is 26.8 Å². The third kappa shape index (κ3) is 2.93. The maximum absolute atomic E-state index is 9.40. The van der Waals surface area contributed by atoms with Gasteiger partial charge >= 0.3 is 0 Å². The summed E-state index contributed by atoms with van der Waals surface area (Å²) in [5.74, 6) is 0. The molecule has 0 bridgehead atoms. The Hall–Kier alpha value is -5.34. The van der Waals surface area contributed by atoms with E-state index in [1.807, 2.05) is 6.07 Å². The van der Waals surface area contributed by atoms with E-state index in [2.05, 4.69) is 0 Å². The number of hydrogen-bond donors (Lipinski definition) is 0. The molecular weight excluding hydrogens is 488 g/mol. The van der Waals surface area contributed by atoms with Crippen molar-refractivity contribution in [2.24, 2.45) is 0 Å². The lowest BCUT2D eigenvalue weighted by molar-refractivity contribution is 0.600. The Bertz CT molecular complexity index is 3190. The molecule has 0 saturated heterocycles. The molecule has 0 atom stereocenters. The summed E-state index contributed by atoms with van der Waals surface area (Å²) >= 11 is 0. The first-order chi connectivity index (χ1) is 26.1. The Morgan fingerprint density at radius 1 is 0.525 bits per heavy atom. The molecule has 9 aromatic rings. The molecule has 186 valence electrons. The van der Waals surface area contributed by atoms with Gasteiger partial charge in [-0.2, -0.15) is 0 Å². The van der Waals surface area contributed by atoms with Crippen molar-refractivity contribution >= 4 is 65.2 Å². The Morgan fingerprint density at radius 2 is 1.23 bits per heavy atom. The second kappa shape index (κ2) is 8.08. The average molecular weight is 526 g/mol. The molecule has 0 aliphatic heterocycles. The van der Waals surface area contributed by atoms with Gasteiger partial charge in [0, 0.05) is 16.2 Å². The van der Waals surface area contributed by atoms with Gasteiger partial charge in [-0.25, -0.2) is 0 Å². The molecule has 0 unspecified atom stereocenters. The molecule has 0 saturated carbocycles. The molecule has 7 aromatic carbocycles. The highest BCUT2D eigenvalue weighted by molar-refractivity contribution is 6.26. The number of furan rings is 2. The van der Waals surface area contributed by atoms with Crippen LogP contribution in [0.4, 0.5) is 0 Å². The van der Waals surface area contributed by atoms with Crippen molar-refractivity contribution in [2.75, 3.05) is 0 Å². The fourth-order valence-corrected chi connectivity index (χ4v) is 5.57. The molecule has 2 heteroatoms. The standard InChI is InChI=1S/C38H22O2/c1-2-9-25-22-26(17-16-23(25)8-1)34-27-10-3-5-12-29(27)35(30-13-6-4-11-28(30)34)31-14-7-15-33-36(31)32-19-18-24-20-21-39-37(24)38(32)40-33/h1-22H/i1D,2D,3D,4D,5D,6D,8D,9D,10D,11D,12D,13D,16D,17D,22D. The highest BCUT2D eigenvalue weighted by atomic mass is 16.4. The van der Waals surface area contributed by atoms with Crippen LogP contribution in [0.1, 0.15) is 20.6 Å². The van der Waals surface area contributed by atoms with Crippen molar-refractivity contribution in [3.05, 3.63) is 133 Å². The van der Waals surface area contributed by atoms with Crippen LogP contribution in [0, 0.1) is 0 Å². The predicted molar refractivity (Wildman–Crippen MR) is 167 cm³/mol. The Morgan fingerprint density at radius 3 is 2.00 bits per heavy atom. The van der Waals surface area contributed by atoms with E-state index in [1.54, 1.807) is 30.3 Å². The van der Waals surface area contributed by atoms with Crippen LogP contribution in [0.5, 0.6) is 0 Å². The van der Waals surface area contributed by atoms with Crippen LogP contribution in [-0.4, -0.2) is 0 Å². The van der Waals surface area contributed by atoms with Crippen LogP contribution < -0.4 is 0 Å². The fourth-order valence-electron chi connectivity index (χ4n) is 5.57. The second-order valence-electron chi connectivity index (χ2n) is 9.31. The van der Waals surface area contributed by atoms with Gasteiger partial charge in [-0.15, -0.1) is 0 Å². The minimum absolute atomic E-state index is 0.00698. The fraction of sp³-hybridized carbons (Fsp3) is 0. The van der Waals surface area contributed by atoms with E-state index >= 15 is 0 Å². The van der Waals surface area contributed by atoms with Gasteiger partial charge in [-0.3, -0.25) is 0 Å². The third-order valence-electron chi connectivity index (χ3n) is 7.23. The quantitative estimate of drug-likeness (QED) is 0.210. The monoisotopic (exact) mass is 525 g/mol. The van der Waals surface area contributed by atoms with Crippen LogP contribution >= 0.6 is 0 Å². The lowest BCUT2D eigenvalue weighted by Gasteiger charge is -2.18. The molecule has 40 heavy (non-hydrogen) atoms. The highest BCUT2D eigenvalue weighted by Crippen LogP contribution is 2.47. The van der Waals surface area contributed by atoms with E-state index in [9.17, 15) is 8.22 Å². The summed E-state index contributed by atoms with van der Waals surface area (Å²) in [4.78, 5) is 0. The maximum Gasteiger partial charge on any atom is 0.178 e. The van der Waals surface area contributed by atoms with Gasteiger partial charge in [-0.1, -0.05) is 103 Å². The Kier molecular flexibility index (Phi) is 2.39. The molecule has 2 aromatic heterocycles. The largest absolute Gasteiger partial charge is 0.460 e. The van der Waals surface area contributed by atoms with Gasteiger partial charge in [0.2, 0.25) is 0 Å². The van der Waals surface area contributed by atoms with Crippen LogP contribution in [0.3, 0.4) is 0 Å². The van der Waals surface area contributed by atoms with E-state index < -0.39 is 107 Å². The number of rotatable bonds is 2. The highest BCUT2D eigenvalue weighted by Gasteiger charge is 2.21. The third-order valence-corrected chi connectivity index (χ3v) is 7.23. The van der Waals surface area contributed by atoms with Crippen molar-refractivity contribution in [3.63, 3.8) is 0 Å². The summed E-state index contributed by atoms with van der Waals surface area (Å²) in [5, 5.41) is -0.164. The zero-order valence-electron chi connectivity index (χ0n) is 35.4. The van der Waals surface area contributed by atoms with Crippen LogP contribution in [-0.2, 0) is 0 Å². The summed E-state index contributed by atoms with van der Waals surface area (Å²) in [7, 11) is 0. The first kappa shape index (κ1) is 11.8. The topological polar surface area (TPSA) is 26.3 Å². The molecule has 0 radical (unpaired) electrons. The summed E-state index contributed by atoms with van der Waals surface area (Å²) in [5.41, 5.74) is 0.545. The summed E-state index contributed by atoms with van der Waals surface area (Å²) < 4.78 is 146. The molecule has 0 amide bonds. The van der Waals surface area contributed by atoms with Crippen molar-refractivity contribution in [3.8, 4) is 22.3 Å². The van der Waals surface area contributed by atoms with Gasteiger partial charge < -0.3 is 8.83 Å². The van der Waals surface area contributed by atoms with Crippen molar-refractivity contribution in [1.29, 1.82) is 0 Å². The molecule has 0 fully saturated rings. The number of benzene rings is 7. The van der Waals surface area contributed by atoms with Crippen LogP contribution in [0.25, 0.3) is 87.5 Å². The average Bonchev–Trinajstić information content (AvgIpc) is 3.81. The van der Waals surface area contributed by atoms with Gasteiger partial charge in [-0.05, 0) is 78.8 Å². The lowest BCUT2D eigenvalue weighted by atomic mass is 9.84. The first-order valence-corrected chi connectivity index (χ1v) is 12.4. The van der Waals surface area contributed by atoms with Crippen LogP contribution in [0.2, 0.25) is 0 Å². The second-order valence-corrected chi connectivity index (χ2v) is 9.31. The molecule has 0 spiro atoms. The molecular formula is C38H22O2.